The number of thioether (sulfide) groups is 1. The molecule has 2 aromatic rings. The Hall–Kier alpha value is -1.49. The molecular weight excluding hydrogens is 261 g/mol. The number of pyridine rings is 1. The lowest BCUT2D eigenvalue weighted by molar-refractivity contribution is 0.631. The lowest BCUT2D eigenvalue weighted by Gasteiger charge is -2.11. The van der Waals surface area contributed by atoms with Crippen molar-refractivity contribution >= 4 is 34.0 Å². The number of unbranched alkanes of at least 4 members (excludes halogenated alkanes) is 1. The van der Waals surface area contributed by atoms with Gasteiger partial charge in [-0.25, -0.2) is 4.39 Å². The van der Waals surface area contributed by atoms with E-state index in [1.165, 1.54) is 6.07 Å². The van der Waals surface area contributed by atoms with Crippen LogP contribution in [-0.2, 0) is 0 Å². The molecule has 0 atom stereocenters. The molecule has 0 aliphatic heterocycles. The predicted molar refractivity (Wildman–Crippen MR) is 82.2 cm³/mol. The number of benzene rings is 1. The standard InChI is InChI=1S/C14H18FN3S/c1-19-8-3-2-6-18-14-11(15)9-12(16)10-5-4-7-17-13(10)14/h4-5,7,9,18H,2-3,6,8,16H2,1H3. The lowest BCUT2D eigenvalue weighted by Crippen LogP contribution is -2.06. The Labute approximate surface area is 116 Å². The number of rotatable bonds is 6. The number of hydrogen-bond donors (Lipinski definition) is 2. The summed E-state index contributed by atoms with van der Waals surface area (Å²) in [6.45, 7) is 0.743. The fourth-order valence-corrected chi connectivity index (χ4v) is 2.48. The Kier molecular flexibility index (Phi) is 4.85. The fourth-order valence-electron chi connectivity index (χ4n) is 1.99. The van der Waals surface area contributed by atoms with E-state index in [1.807, 2.05) is 17.8 Å². The van der Waals surface area contributed by atoms with Gasteiger partial charge in [0.1, 0.15) is 0 Å². The summed E-state index contributed by atoms with van der Waals surface area (Å²) in [5, 5.41) is 3.93. The summed E-state index contributed by atoms with van der Waals surface area (Å²) in [4.78, 5) is 4.23. The Morgan fingerprint density at radius 1 is 1.42 bits per heavy atom. The molecule has 0 aliphatic carbocycles. The highest BCUT2D eigenvalue weighted by molar-refractivity contribution is 7.98. The smallest absolute Gasteiger partial charge is 0.150 e. The fraction of sp³-hybridized carbons (Fsp3) is 0.357. The van der Waals surface area contributed by atoms with Crippen LogP contribution < -0.4 is 11.1 Å². The van der Waals surface area contributed by atoms with Crippen LogP contribution in [0.5, 0.6) is 0 Å². The van der Waals surface area contributed by atoms with Crippen LogP contribution in [0.25, 0.3) is 10.9 Å². The van der Waals surface area contributed by atoms with Gasteiger partial charge in [-0.2, -0.15) is 11.8 Å². The lowest BCUT2D eigenvalue weighted by atomic mass is 10.1. The number of nitrogens with one attached hydrogen (secondary N) is 1. The van der Waals surface area contributed by atoms with Gasteiger partial charge < -0.3 is 11.1 Å². The number of nitrogens with zero attached hydrogens (tertiary/aromatic N) is 1. The monoisotopic (exact) mass is 279 g/mol. The van der Waals surface area contributed by atoms with E-state index in [2.05, 4.69) is 16.6 Å². The molecule has 3 nitrogen and oxygen atoms in total. The first kappa shape index (κ1) is 13.9. The zero-order chi connectivity index (χ0) is 13.7. The zero-order valence-electron chi connectivity index (χ0n) is 10.9. The average Bonchev–Trinajstić information content (AvgIpc) is 2.42. The zero-order valence-corrected chi connectivity index (χ0v) is 11.8. The number of halogens is 1. The third-order valence-corrected chi connectivity index (χ3v) is 3.65. The summed E-state index contributed by atoms with van der Waals surface area (Å²) >= 11 is 1.82. The molecule has 0 saturated carbocycles. The van der Waals surface area contributed by atoms with Gasteiger partial charge in [0.2, 0.25) is 0 Å². The van der Waals surface area contributed by atoms with Gasteiger partial charge in [-0.3, -0.25) is 4.98 Å². The molecular formula is C14H18FN3S. The molecule has 0 radical (unpaired) electrons. The molecule has 0 aliphatic rings. The molecule has 0 saturated heterocycles. The highest BCUT2D eigenvalue weighted by Crippen LogP contribution is 2.29. The molecule has 1 aromatic carbocycles. The number of fused-ring (bicyclic) bond motifs is 1. The molecule has 0 amide bonds. The molecule has 3 N–H and O–H groups in total. The highest BCUT2D eigenvalue weighted by atomic mass is 32.2. The summed E-state index contributed by atoms with van der Waals surface area (Å²) in [7, 11) is 0. The largest absolute Gasteiger partial charge is 0.398 e. The van der Waals surface area contributed by atoms with Gasteiger partial charge in [-0.15, -0.1) is 0 Å². The Balaban J connectivity index is 2.18. The minimum absolute atomic E-state index is 0.339. The van der Waals surface area contributed by atoms with E-state index in [9.17, 15) is 4.39 Å². The second-order valence-corrected chi connectivity index (χ2v) is 5.33. The van der Waals surface area contributed by atoms with Gasteiger partial charge in [-0.1, -0.05) is 0 Å². The third-order valence-electron chi connectivity index (χ3n) is 2.95. The number of nitrogen functional groups attached to an aromatic ring is 1. The van der Waals surface area contributed by atoms with Crippen molar-refractivity contribution in [1.82, 2.24) is 4.98 Å². The second kappa shape index (κ2) is 6.61. The number of hydrogen-bond acceptors (Lipinski definition) is 4. The van der Waals surface area contributed by atoms with Crippen LogP contribution in [0.4, 0.5) is 15.8 Å². The van der Waals surface area contributed by atoms with Gasteiger partial charge in [0.05, 0.1) is 11.2 Å². The van der Waals surface area contributed by atoms with Crippen LogP contribution in [0.2, 0.25) is 0 Å². The van der Waals surface area contributed by atoms with Gasteiger partial charge in [-0.05, 0) is 43.0 Å². The second-order valence-electron chi connectivity index (χ2n) is 4.35. The van der Waals surface area contributed by atoms with Crippen molar-refractivity contribution in [2.75, 3.05) is 29.6 Å². The summed E-state index contributed by atoms with van der Waals surface area (Å²) in [5.74, 6) is 0.791. The van der Waals surface area contributed by atoms with Crippen molar-refractivity contribution < 1.29 is 4.39 Å². The normalized spacial score (nSPS) is 10.8. The number of aromatic nitrogens is 1. The van der Waals surface area contributed by atoms with E-state index in [0.29, 0.717) is 16.9 Å². The van der Waals surface area contributed by atoms with Crippen molar-refractivity contribution in [3.63, 3.8) is 0 Å². The van der Waals surface area contributed by atoms with Crippen molar-refractivity contribution in [3.05, 3.63) is 30.2 Å². The van der Waals surface area contributed by atoms with Crippen molar-refractivity contribution in [3.8, 4) is 0 Å². The van der Waals surface area contributed by atoms with Crippen LogP contribution in [0.1, 0.15) is 12.8 Å². The summed E-state index contributed by atoms with van der Waals surface area (Å²) in [5.41, 5.74) is 7.29. The molecule has 1 heterocycles. The molecule has 0 bridgehead atoms. The first-order chi connectivity index (χ1) is 9.24. The maximum Gasteiger partial charge on any atom is 0.150 e. The quantitative estimate of drug-likeness (QED) is 0.627. The summed E-state index contributed by atoms with van der Waals surface area (Å²) < 4.78 is 14.0. The first-order valence-electron chi connectivity index (χ1n) is 6.29. The molecule has 0 spiro atoms. The SMILES string of the molecule is CSCCCCNc1c(F)cc(N)c2cccnc12. The Bertz CT molecular complexity index is 560. The molecule has 0 unspecified atom stereocenters. The van der Waals surface area contributed by atoms with E-state index in [4.69, 9.17) is 5.73 Å². The van der Waals surface area contributed by atoms with Crippen LogP contribution >= 0.6 is 11.8 Å². The molecule has 19 heavy (non-hydrogen) atoms. The first-order valence-corrected chi connectivity index (χ1v) is 7.69. The van der Waals surface area contributed by atoms with Gasteiger partial charge >= 0.3 is 0 Å². The predicted octanol–water partition coefficient (Wildman–Crippen LogP) is 3.51. The maximum atomic E-state index is 14.0. The summed E-state index contributed by atoms with van der Waals surface area (Å²) in [6.07, 6.45) is 5.87. The minimum atomic E-state index is -0.339. The van der Waals surface area contributed by atoms with Crippen molar-refractivity contribution in [1.29, 1.82) is 0 Å². The van der Waals surface area contributed by atoms with Gasteiger partial charge in [0.25, 0.3) is 0 Å². The highest BCUT2D eigenvalue weighted by Gasteiger charge is 2.11. The molecule has 2 rings (SSSR count). The van der Waals surface area contributed by atoms with Crippen molar-refractivity contribution in [2.24, 2.45) is 0 Å². The molecule has 1 aromatic heterocycles. The number of anilines is 2. The molecule has 0 fully saturated rings. The number of nitrogens with two attached hydrogens (primary N) is 1. The van der Waals surface area contributed by atoms with Crippen molar-refractivity contribution in [2.45, 2.75) is 12.8 Å². The average molecular weight is 279 g/mol. The van der Waals surface area contributed by atoms with E-state index < -0.39 is 0 Å². The third kappa shape index (κ3) is 3.29. The Morgan fingerprint density at radius 2 is 2.26 bits per heavy atom. The topological polar surface area (TPSA) is 50.9 Å². The van der Waals surface area contributed by atoms with Crippen LogP contribution in [-0.4, -0.2) is 23.5 Å². The van der Waals surface area contributed by atoms with E-state index in [0.717, 1.165) is 30.5 Å². The van der Waals surface area contributed by atoms with E-state index in [-0.39, 0.29) is 5.82 Å². The van der Waals surface area contributed by atoms with Gasteiger partial charge in [0, 0.05) is 23.8 Å². The minimum Gasteiger partial charge on any atom is -0.398 e. The summed E-state index contributed by atoms with van der Waals surface area (Å²) in [6, 6.07) is 5.02. The molecule has 5 heteroatoms. The van der Waals surface area contributed by atoms with E-state index >= 15 is 0 Å². The van der Waals surface area contributed by atoms with Crippen LogP contribution in [0.15, 0.2) is 24.4 Å². The van der Waals surface area contributed by atoms with Gasteiger partial charge in [0.15, 0.2) is 5.82 Å². The van der Waals surface area contributed by atoms with Crippen LogP contribution in [0.3, 0.4) is 0 Å². The molecule has 102 valence electrons. The van der Waals surface area contributed by atoms with E-state index in [1.54, 1.807) is 12.3 Å². The van der Waals surface area contributed by atoms with Crippen LogP contribution in [0, 0.1) is 5.82 Å². The Morgan fingerprint density at radius 3 is 3.05 bits per heavy atom. The maximum absolute atomic E-state index is 14.0.